The predicted molar refractivity (Wildman–Crippen MR) is 99.7 cm³/mol. The molecule has 1 fully saturated rings. The van der Waals surface area contributed by atoms with Crippen molar-refractivity contribution in [2.24, 2.45) is 0 Å². The van der Waals surface area contributed by atoms with Crippen molar-refractivity contribution in [1.82, 2.24) is 9.62 Å². The van der Waals surface area contributed by atoms with Gasteiger partial charge in [-0.2, -0.15) is 0 Å². The molecule has 3 rings (SSSR count). The molecule has 1 aliphatic heterocycles. The van der Waals surface area contributed by atoms with E-state index in [9.17, 15) is 8.42 Å². The minimum absolute atomic E-state index is 0.158. The highest BCUT2D eigenvalue weighted by Gasteiger charge is 2.27. The molecule has 1 saturated heterocycles. The number of benzene rings is 1. The maximum absolute atomic E-state index is 12.7. The van der Waals surface area contributed by atoms with Crippen LogP contribution in [-0.4, -0.2) is 46.2 Å². The van der Waals surface area contributed by atoms with Crippen LogP contribution < -0.4 is 4.72 Å². The SMILES string of the molecule is Cc1ccc([C@H](CNS(=O)(=O)c2ccc(C)c(C)c2)N2CCOCC2)o1. The largest absolute Gasteiger partial charge is 0.465 e. The average Bonchev–Trinajstić information content (AvgIpc) is 3.04. The molecule has 0 bridgehead atoms. The Labute approximate surface area is 155 Å². The van der Waals surface area contributed by atoms with Crippen molar-refractivity contribution in [2.45, 2.75) is 31.7 Å². The van der Waals surface area contributed by atoms with Gasteiger partial charge in [-0.15, -0.1) is 0 Å². The van der Waals surface area contributed by atoms with Gasteiger partial charge in [-0.1, -0.05) is 6.07 Å². The van der Waals surface area contributed by atoms with Crippen LogP contribution in [0.5, 0.6) is 0 Å². The van der Waals surface area contributed by atoms with E-state index in [2.05, 4.69) is 9.62 Å². The summed E-state index contributed by atoms with van der Waals surface area (Å²) in [5.74, 6) is 1.59. The van der Waals surface area contributed by atoms with E-state index in [1.165, 1.54) is 0 Å². The van der Waals surface area contributed by atoms with Gasteiger partial charge in [0.05, 0.1) is 24.2 Å². The van der Waals surface area contributed by atoms with Gasteiger partial charge in [-0.25, -0.2) is 13.1 Å². The molecule has 1 atom stereocenters. The smallest absolute Gasteiger partial charge is 0.240 e. The standard InChI is InChI=1S/C19H26N2O4S/c1-14-4-6-17(12-15(14)2)26(22,23)20-13-18(19-7-5-16(3)25-19)21-8-10-24-11-9-21/h4-7,12,18,20H,8-11,13H2,1-3H3/t18-/m0/s1. The lowest BCUT2D eigenvalue weighted by molar-refractivity contribution is 0.0127. The van der Waals surface area contributed by atoms with E-state index >= 15 is 0 Å². The van der Waals surface area contributed by atoms with Crippen molar-refractivity contribution in [1.29, 1.82) is 0 Å². The topological polar surface area (TPSA) is 71.8 Å². The van der Waals surface area contributed by atoms with Crippen molar-refractivity contribution in [3.8, 4) is 0 Å². The quantitative estimate of drug-likeness (QED) is 0.836. The summed E-state index contributed by atoms with van der Waals surface area (Å²) in [6, 6.07) is 8.85. The normalized spacial score (nSPS) is 17.3. The number of nitrogens with one attached hydrogen (secondary N) is 1. The fourth-order valence-corrected chi connectivity index (χ4v) is 4.21. The molecule has 1 aromatic carbocycles. The number of furan rings is 1. The molecule has 0 aliphatic carbocycles. The molecule has 142 valence electrons. The minimum atomic E-state index is -3.58. The third-order valence-electron chi connectivity index (χ3n) is 4.83. The van der Waals surface area contributed by atoms with Gasteiger partial charge in [-0.3, -0.25) is 4.90 Å². The van der Waals surface area contributed by atoms with Gasteiger partial charge in [0.25, 0.3) is 0 Å². The van der Waals surface area contributed by atoms with Crippen LogP contribution in [0.25, 0.3) is 0 Å². The molecule has 1 N–H and O–H groups in total. The second kappa shape index (κ2) is 7.92. The summed E-state index contributed by atoms with van der Waals surface area (Å²) >= 11 is 0. The maximum atomic E-state index is 12.7. The van der Waals surface area contributed by atoms with E-state index in [1.807, 2.05) is 39.0 Å². The van der Waals surface area contributed by atoms with E-state index in [-0.39, 0.29) is 17.5 Å². The van der Waals surface area contributed by atoms with Gasteiger partial charge in [0.1, 0.15) is 11.5 Å². The number of sulfonamides is 1. The average molecular weight is 378 g/mol. The van der Waals surface area contributed by atoms with Crippen LogP contribution in [0.2, 0.25) is 0 Å². The minimum Gasteiger partial charge on any atom is -0.465 e. The number of hydrogen-bond acceptors (Lipinski definition) is 5. The molecular formula is C19H26N2O4S. The molecule has 0 amide bonds. The Morgan fingerprint density at radius 3 is 2.42 bits per heavy atom. The Hall–Kier alpha value is -1.67. The highest BCUT2D eigenvalue weighted by atomic mass is 32.2. The number of nitrogens with zero attached hydrogens (tertiary/aromatic N) is 1. The molecule has 0 spiro atoms. The summed E-state index contributed by atoms with van der Waals surface area (Å²) in [6.07, 6.45) is 0. The zero-order valence-corrected chi connectivity index (χ0v) is 16.3. The molecule has 0 saturated carbocycles. The third kappa shape index (κ3) is 4.35. The van der Waals surface area contributed by atoms with Crippen LogP contribution >= 0.6 is 0 Å². The summed E-state index contributed by atoms with van der Waals surface area (Å²) in [4.78, 5) is 2.49. The van der Waals surface area contributed by atoms with E-state index in [4.69, 9.17) is 9.15 Å². The van der Waals surface area contributed by atoms with Gasteiger partial charge in [-0.05, 0) is 56.2 Å². The lowest BCUT2D eigenvalue weighted by Crippen LogP contribution is -2.43. The monoisotopic (exact) mass is 378 g/mol. The zero-order chi connectivity index (χ0) is 18.7. The molecular weight excluding hydrogens is 352 g/mol. The molecule has 1 aromatic heterocycles. The Balaban J connectivity index is 1.79. The Morgan fingerprint density at radius 2 is 1.81 bits per heavy atom. The van der Waals surface area contributed by atoms with Gasteiger partial charge >= 0.3 is 0 Å². The number of ether oxygens (including phenoxy) is 1. The van der Waals surface area contributed by atoms with Crippen molar-refractivity contribution in [2.75, 3.05) is 32.8 Å². The Bertz CT molecular complexity index is 854. The zero-order valence-electron chi connectivity index (χ0n) is 15.5. The van der Waals surface area contributed by atoms with Gasteiger partial charge in [0.15, 0.2) is 0 Å². The van der Waals surface area contributed by atoms with Crippen molar-refractivity contribution in [3.05, 3.63) is 53.0 Å². The Morgan fingerprint density at radius 1 is 1.08 bits per heavy atom. The van der Waals surface area contributed by atoms with Gasteiger partial charge in [0.2, 0.25) is 10.0 Å². The number of aryl methyl sites for hydroxylation is 3. The molecule has 6 nitrogen and oxygen atoms in total. The lowest BCUT2D eigenvalue weighted by atomic mass is 10.1. The summed E-state index contributed by atoms with van der Waals surface area (Å²) in [7, 11) is -3.58. The van der Waals surface area contributed by atoms with E-state index < -0.39 is 10.0 Å². The first-order chi connectivity index (χ1) is 12.4. The third-order valence-corrected chi connectivity index (χ3v) is 6.25. The predicted octanol–water partition coefficient (Wildman–Crippen LogP) is 2.56. The Kier molecular flexibility index (Phi) is 5.82. The number of rotatable bonds is 6. The van der Waals surface area contributed by atoms with Gasteiger partial charge in [0, 0.05) is 19.6 Å². The van der Waals surface area contributed by atoms with Crippen LogP contribution in [0.4, 0.5) is 0 Å². The van der Waals surface area contributed by atoms with E-state index in [1.54, 1.807) is 12.1 Å². The molecule has 7 heteroatoms. The first-order valence-corrected chi connectivity index (χ1v) is 10.3. The van der Waals surface area contributed by atoms with Crippen LogP contribution in [0, 0.1) is 20.8 Å². The fraction of sp³-hybridized carbons (Fsp3) is 0.474. The lowest BCUT2D eigenvalue weighted by Gasteiger charge is -2.33. The molecule has 2 aromatic rings. The van der Waals surface area contributed by atoms with E-state index in [0.717, 1.165) is 35.7 Å². The summed E-state index contributed by atoms with van der Waals surface area (Å²) < 4.78 is 39.4. The first-order valence-electron chi connectivity index (χ1n) is 8.82. The van der Waals surface area contributed by atoms with Crippen molar-refractivity contribution < 1.29 is 17.6 Å². The van der Waals surface area contributed by atoms with Crippen LogP contribution in [-0.2, 0) is 14.8 Å². The first kappa shape index (κ1) is 19.1. The number of morpholine rings is 1. The summed E-state index contributed by atoms with van der Waals surface area (Å²) in [5, 5.41) is 0. The number of hydrogen-bond donors (Lipinski definition) is 1. The molecule has 26 heavy (non-hydrogen) atoms. The van der Waals surface area contributed by atoms with Crippen LogP contribution in [0.15, 0.2) is 39.6 Å². The van der Waals surface area contributed by atoms with Crippen LogP contribution in [0.3, 0.4) is 0 Å². The highest BCUT2D eigenvalue weighted by Crippen LogP contribution is 2.24. The highest BCUT2D eigenvalue weighted by molar-refractivity contribution is 7.89. The summed E-state index contributed by atoms with van der Waals surface area (Å²) in [6.45, 7) is 8.79. The maximum Gasteiger partial charge on any atom is 0.240 e. The fourth-order valence-electron chi connectivity index (χ4n) is 3.08. The summed E-state index contributed by atoms with van der Waals surface area (Å²) in [5.41, 5.74) is 2.03. The molecule has 0 radical (unpaired) electrons. The molecule has 0 unspecified atom stereocenters. The second-order valence-corrected chi connectivity index (χ2v) is 8.48. The van der Waals surface area contributed by atoms with Gasteiger partial charge < -0.3 is 9.15 Å². The van der Waals surface area contributed by atoms with Crippen molar-refractivity contribution >= 4 is 10.0 Å². The van der Waals surface area contributed by atoms with Crippen LogP contribution in [0.1, 0.15) is 28.7 Å². The van der Waals surface area contributed by atoms with Crippen molar-refractivity contribution in [3.63, 3.8) is 0 Å². The second-order valence-electron chi connectivity index (χ2n) is 6.71. The molecule has 1 aliphatic rings. The molecule has 2 heterocycles. The van der Waals surface area contributed by atoms with E-state index in [0.29, 0.717) is 13.2 Å².